The van der Waals surface area contributed by atoms with Gasteiger partial charge in [-0.15, -0.1) is 5.10 Å². The van der Waals surface area contributed by atoms with Crippen LogP contribution in [0, 0.1) is 5.41 Å². The zero-order valence-electron chi connectivity index (χ0n) is 9.80. The molecule has 4 N–H and O–H groups in total. The Morgan fingerprint density at radius 2 is 2.28 bits per heavy atom. The summed E-state index contributed by atoms with van der Waals surface area (Å²) in [6.45, 7) is 0.450. The van der Waals surface area contributed by atoms with E-state index >= 15 is 0 Å². The molecule has 2 rings (SSSR count). The summed E-state index contributed by atoms with van der Waals surface area (Å²) in [7, 11) is 0. The van der Waals surface area contributed by atoms with E-state index in [1.165, 1.54) is 4.68 Å². The fraction of sp³-hybridized carbons (Fsp3) is 0.600. The van der Waals surface area contributed by atoms with E-state index in [-0.39, 0.29) is 25.5 Å². The zero-order valence-corrected chi connectivity index (χ0v) is 9.80. The molecule has 1 aliphatic carbocycles. The van der Waals surface area contributed by atoms with Crippen molar-refractivity contribution >= 4 is 11.9 Å². The molecule has 1 aromatic heterocycles. The number of nitrogens with one attached hydrogen (secondary N) is 1. The number of amides is 1. The Morgan fingerprint density at radius 3 is 2.78 bits per heavy atom. The third kappa shape index (κ3) is 2.65. The summed E-state index contributed by atoms with van der Waals surface area (Å²) in [4.78, 5) is 22.5. The van der Waals surface area contributed by atoms with E-state index in [1.807, 2.05) is 0 Å². The van der Waals surface area contributed by atoms with Gasteiger partial charge < -0.3 is 16.2 Å². The van der Waals surface area contributed by atoms with Crippen LogP contribution in [-0.4, -0.2) is 38.5 Å². The highest BCUT2D eigenvalue weighted by molar-refractivity contribution is 5.80. The zero-order chi connectivity index (χ0) is 13.2. The van der Waals surface area contributed by atoms with E-state index < -0.39 is 11.4 Å². The lowest BCUT2D eigenvalue weighted by atomic mass is 10.1. The number of aromatic nitrogens is 3. The lowest BCUT2D eigenvalue weighted by Gasteiger charge is -2.10. The number of carboxylic acid groups (broad SMARTS) is 1. The number of carbonyl (C=O) groups excluding carboxylic acids is 1. The van der Waals surface area contributed by atoms with Gasteiger partial charge in [0.1, 0.15) is 6.54 Å². The molecule has 0 spiro atoms. The van der Waals surface area contributed by atoms with Crippen molar-refractivity contribution in [3.05, 3.63) is 11.9 Å². The maximum absolute atomic E-state index is 11.6. The minimum absolute atomic E-state index is 0.0166. The highest BCUT2D eigenvalue weighted by atomic mass is 16.4. The molecule has 0 aliphatic heterocycles. The van der Waals surface area contributed by atoms with Crippen LogP contribution >= 0.6 is 0 Å². The van der Waals surface area contributed by atoms with Gasteiger partial charge in [0, 0.05) is 13.1 Å². The van der Waals surface area contributed by atoms with Crippen molar-refractivity contribution < 1.29 is 14.7 Å². The van der Waals surface area contributed by atoms with Gasteiger partial charge in [0.2, 0.25) is 5.91 Å². The molecule has 1 fully saturated rings. The summed E-state index contributed by atoms with van der Waals surface area (Å²) in [6, 6.07) is 0. The molecule has 8 heteroatoms. The van der Waals surface area contributed by atoms with Crippen LogP contribution in [0.3, 0.4) is 0 Å². The summed E-state index contributed by atoms with van der Waals surface area (Å²) >= 11 is 0. The molecule has 1 aliphatic rings. The average Bonchev–Trinajstić information content (AvgIpc) is 3.01. The van der Waals surface area contributed by atoms with E-state index in [2.05, 4.69) is 15.6 Å². The van der Waals surface area contributed by atoms with Crippen molar-refractivity contribution in [2.45, 2.75) is 25.9 Å². The normalized spacial score (nSPS) is 16.3. The number of nitrogens with zero attached hydrogens (tertiary/aromatic N) is 3. The molecular weight excluding hydrogens is 238 g/mol. The monoisotopic (exact) mass is 253 g/mol. The first kappa shape index (κ1) is 12.5. The second-order valence-corrected chi connectivity index (χ2v) is 4.47. The van der Waals surface area contributed by atoms with Gasteiger partial charge in [0.05, 0.1) is 17.3 Å². The van der Waals surface area contributed by atoms with Gasteiger partial charge in [0.15, 0.2) is 0 Å². The Balaban J connectivity index is 1.80. The Labute approximate surface area is 103 Å². The largest absolute Gasteiger partial charge is 0.481 e. The van der Waals surface area contributed by atoms with Gasteiger partial charge in [-0.3, -0.25) is 9.59 Å². The molecule has 8 nitrogen and oxygen atoms in total. The summed E-state index contributed by atoms with van der Waals surface area (Å²) in [5.41, 5.74) is 5.22. The average molecular weight is 253 g/mol. The number of rotatable bonds is 6. The van der Waals surface area contributed by atoms with Gasteiger partial charge >= 0.3 is 5.97 Å². The van der Waals surface area contributed by atoms with Crippen LogP contribution in [0.15, 0.2) is 6.20 Å². The third-order valence-corrected chi connectivity index (χ3v) is 3.03. The Morgan fingerprint density at radius 1 is 1.56 bits per heavy atom. The molecule has 0 aromatic carbocycles. The molecule has 0 unspecified atom stereocenters. The minimum Gasteiger partial charge on any atom is -0.481 e. The maximum Gasteiger partial charge on any atom is 0.311 e. The van der Waals surface area contributed by atoms with Crippen molar-refractivity contribution in [2.75, 3.05) is 6.54 Å². The molecule has 0 saturated heterocycles. The van der Waals surface area contributed by atoms with Crippen molar-refractivity contribution in [2.24, 2.45) is 11.1 Å². The quantitative estimate of drug-likeness (QED) is 0.580. The van der Waals surface area contributed by atoms with Crippen LogP contribution in [0.2, 0.25) is 0 Å². The molecule has 1 aromatic rings. The van der Waals surface area contributed by atoms with Crippen LogP contribution in [0.1, 0.15) is 18.5 Å². The summed E-state index contributed by atoms with van der Waals surface area (Å²) < 4.78 is 1.37. The smallest absolute Gasteiger partial charge is 0.311 e. The van der Waals surface area contributed by atoms with Crippen molar-refractivity contribution in [3.8, 4) is 0 Å². The van der Waals surface area contributed by atoms with Gasteiger partial charge in [-0.05, 0) is 12.8 Å². The fourth-order valence-electron chi connectivity index (χ4n) is 1.60. The van der Waals surface area contributed by atoms with E-state index in [0.29, 0.717) is 18.5 Å². The molecule has 1 saturated carbocycles. The molecule has 0 radical (unpaired) electrons. The van der Waals surface area contributed by atoms with Crippen LogP contribution in [-0.2, 0) is 22.7 Å². The first-order chi connectivity index (χ1) is 8.55. The molecule has 0 atom stereocenters. The predicted molar refractivity (Wildman–Crippen MR) is 60.2 cm³/mol. The van der Waals surface area contributed by atoms with E-state index in [0.717, 1.165) is 0 Å². The number of nitrogens with two attached hydrogens (primary N) is 1. The topological polar surface area (TPSA) is 123 Å². The second kappa shape index (κ2) is 4.73. The number of aliphatic carboxylic acids is 1. The number of hydrogen-bond donors (Lipinski definition) is 3. The van der Waals surface area contributed by atoms with Crippen LogP contribution in [0.25, 0.3) is 0 Å². The van der Waals surface area contributed by atoms with Gasteiger partial charge in [-0.25, -0.2) is 4.68 Å². The number of hydrogen-bond acceptors (Lipinski definition) is 5. The molecule has 98 valence electrons. The summed E-state index contributed by atoms with van der Waals surface area (Å²) in [5, 5.41) is 19.0. The van der Waals surface area contributed by atoms with Gasteiger partial charge in [-0.1, -0.05) is 5.21 Å². The second-order valence-electron chi connectivity index (χ2n) is 4.47. The fourth-order valence-corrected chi connectivity index (χ4v) is 1.60. The third-order valence-electron chi connectivity index (χ3n) is 3.03. The first-order valence-corrected chi connectivity index (χ1v) is 5.65. The molecule has 1 heterocycles. The first-order valence-electron chi connectivity index (χ1n) is 5.65. The maximum atomic E-state index is 11.6. The van der Waals surface area contributed by atoms with Crippen molar-refractivity contribution in [1.29, 1.82) is 0 Å². The van der Waals surface area contributed by atoms with Crippen molar-refractivity contribution in [3.63, 3.8) is 0 Å². The predicted octanol–water partition coefficient (Wildman–Crippen LogP) is -1.28. The minimum atomic E-state index is -0.853. The highest BCUT2D eigenvalue weighted by Crippen LogP contribution is 2.45. The summed E-state index contributed by atoms with van der Waals surface area (Å²) in [6.07, 6.45) is 2.82. The lowest BCUT2D eigenvalue weighted by molar-refractivity contribution is -0.143. The van der Waals surface area contributed by atoms with E-state index in [9.17, 15) is 9.59 Å². The van der Waals surface area contributed by atoms with Crippen molar-refractivity contribution in [1.82, 2.24) is 20.3 Å². The SMILES string of the molecule is NCc1cn(CC(=O)NCC2(C(=O)O)CC2)nn1. The lowest BCUT2D eigenvalue weighted by Crippen LogP contribution is -2.36. The number of carboxylic acids is 1. The van der Waals surface area contributed by atoms with E-state index in [4.69, 9.17) is 10.8 Å². The van der Waals surface area contributed by atoms with Gasteiger partial charge in [0.25, 0.3) is 0 Å². The Bertz CT molecular complexity index is 466. The molecule has 1 amide bonds. The molecular formula is C10H15N5O3. The van der Waals surface area contributed by atoms with Crippen LogP contribution < -0.4 is 11.1 Å². The molecule has 18 heavy (non-hydrogen) atoms. The molecule has 0 bridgehead atoms. The Hall–Kier alpha value is -1.96. The number of carbonyl (C=O) groups is 2. The highest BCUT2D eigenvalue weighted by Gasteiger charge is 2.50. The van der Waals surface area contributed by atoms with Gasteiger partial charge in [-0.2, -0.15) is 0 Å². The summed E-state index contributed by atoms with van der Waals surface area (Å²) in [5.74, 6) is -1.13. The Kier molecular flexibility index (Phi) is 3.28. The van der Waals surface area contributed by atoms with Crippen LogP contribution in [0.4, 0.5) is 0 Å². The standard InChI is InChI=1S/C10H15N5O3/c11-3-7-4-15(14-13-7)5-8(16)12-6-10(1-2-10)9(17)18/h4H,1-3,5-6,11H2,(H,12,16)(H,17,18). The van der Waals surface area contributed by atoms with Crippen LogP contribution in [0.5, 0.6) is 0 Å². The van der Waals surface area contributed by atoms with E-state index in [1.54, 1.807) is 6.20 Å².